The molecule has 2 aromatic rings. The minimum Gasteiger partial charge on any atom is -0.493 e. The lowest BCUT2D eigenvalue weighted by atomic mass is 10.1. The molecule has 2 rings (SSSR count). The lowest BCUT2D eigenvalue weighted by Gasteiger charge is -2.13. The van der Waals surface area contributed by atoms with Gasteiger partial charge in [0.15, 0.2) is 11.5 Å². The molecule has 0 heterocycles. The number of nitrogens with one attached hydrogen (secondary N) is 1. The topological polar surface area (TPSA) is 67.8 Å². The van der Waals surface area contributed by atoms with Crippen LogP contribution in [0.3, 0.4) is 0 Å². The summed E-state index contributed by atoms with van der Waals surface area (Å²) in [7, 11) is 3.09. The monoisotopic (exact) mass is 355 g/mol. The molecule has 0 amide bonds. The van der Waals surface area contributed by atoms with Crippen LogP contribution in [0.25, 0.3) is 0 Å². The van der Waals surface area contributed by atoms with Gasteiger partial charge >= 0.3 is 5.97 Å². The summed E-state index contributed by atoms with van der Waals surface area (Å²) in [6.07, 6.45) is 0. The zero-order chi connectivity index (χ0) is 17.0. The molecule has 0 saturated carbocycles. The highest BCUT2D eigenvalue weighted by atomic mass is 35.5. The van der Waals surface area contributed by atoms with E-state index in [0.29, 0.717) is 28.8 Å². The number of methoxy groups -OCH3 is 2. The molecule has 0 aromatic heterocycles. The van der Waals surface area contributed by atoms with E-state index in [1.165, 1.54) is 13.2 Å². The van der Waals surface area contributed by atoms with Crippen molar-refractivity contribution in [1.29, 1.82) is 0 Å². The van der Waals surface area contributed by atoms with Crippen molar-refractivity contribution in [3.05, 3.63) is 51.5 Å². The molecule has 0 spiro atoms. The van der Waals surface area contributed by atoms with E-state index >= 15 is 0 Å². The van der Waals surface area contributed by atoms with Gasteiger partial charge in [0, 0.05) is 23.3 Å². The number of ether oxygens (including phenoxy) is 2. The van der Waals surface area contributed by atoms with Crippen LogP contribution in [0.2, 0.25) is 10.0 Å². The third-order valence-electron chi connectivity index (χ3n) is 3.24. The predicted octanol–water partition coefficient (Wildman–Crippen LogP) is 4.32. The summed E-state index contributed by atoms with van der Waals surface area (Å²) < 4.78 is 10.4. The Labute approximate surface area is 143 Å². The average molecular weight is 356 g/mol. The molecule has 2 N–H and O–H groups in total. The maximum Gasteiger partial charge on any atom is 0.337 e. The van der Waals surface area contributed by atoms with Gasteiger partial charge in [-0.05, 0) is 29.8 Å². The Balaban J connectivity index is 2.18. The molecule has 7 heteroatoms. The quantitative estimate of drug-likeness (QED) is 0.807. The van der Waals surface area contributed by atoms with E-state index in [2.05, 4.69) is 5.32 Å². The maximum atomic E-state index is 10.9. The SMILES string of the molecule is COc1cc(Cl)c(CNc2ccc(C(=O)O)c(Cl)c2)cc1OC. The average Bonchev–Trinajstić information content (AvgIpc) is 2.53. The molecular weight excluding hydrogens is 341 g/mol. The number of halogens is 2. The van der Waals surface area contributed by atoms with E-state index in [1.54, 1.807) is 31.4 Å². The Morgan fingerprint density at radius 2 is 1.74 bits per heavy atom. The van der Waals surface area contributed by atoms with Crippen molar-refractivity contribution in [2.45, 2.75) is 6.54 Å². The molecule has 0 bridgehead atoms. The van der Waals surface area contributed by atoms with Crippen molar-refractivity contribution in [2.75, 3.05) is 19.5 Å². The summed E-state index contributed by atoms with van der Waals surface area (Å²) in [4.78, 5) is 10.9. The van der Waals surface area contributed by atoms with Crippen LogP contribution in [0.4, 0.5) is 5.69 Å². The van der Waals surface area contributed by atoms with Gasteiger partial charge in [0.2, 0.25) is 0 Å². The van der Waals surface area contributed by atoms with Crippen LogP contribution in [0, 0.1) is 0 Å². The van der Waals surface area contributed by atoms with Crippen LogP contribution in [0.1, 0.15) is 15.9 Å². The van der Waals surface area contributed by atoms with Crippen LogP contribution in [-0.4, -0.2) is 25.3 Å². The van der Waals surface area contributed by atoms with Crippen LogP contribution in [0.5, 0.6) is 11.5 Å². The summed E-state index contributed by atoms with van der Waals surface area (Å²) in [6, 6.07) is 8.10. The van der Waals surface area contributed by atoms with Gasteiger partial charge in [-0.1, -0.05) is 23.2 Å². The summed E-state index contributed by atoms with van der Waals surface area (Å²) in [6.45, 7) is 0.419. The molecule has 5 nitrogen and oxygen atoms in total. The molecule has 23 heavy (non-hydrogen) atoms. The second-order valence-electron chi connectivity index (χ2n) is 4.65. The van der Waals surface area contributed by atoms with Crippen LogP contribution in [-0.2, 0) is 6.54 Å². The predicted molar refractivity (Wildman–Crippen MR) is 90.3 cm³/mol. The van der Waals surface area contributed by atoms with Crippen LogP contribution < -0.4 is 14.8 Å². The zero-order valence-corrected chi connectivity index (χ0v) is 14.0. The molecule has 0 fully saturated rings. The van der Waals surface area contributed by atoms with Crippen molar-refractivity contribution in [1.82, 2.24) is 0 Å². The Bertz CT molecular complexity index is 734. The van der Waals surface area contributed by atoms with Gasteiger partial charge in [0.25, 0.3) is 0 Å². The molecule has 0 aliphatic heterocycles. The molecule has 0 saturated heterocycles. The van der Waals surface area contributed by atoms with E-state index < -0.39 is 5.97 Å². The molecular formula is C16H15Cl2NO4. The number of carboxylic acid groups (broad SMARTS) is 1. The van der Waals surface area contributed by atoms with E-state index in [0.717, 1.165) is 5.56 Å². The highest BCUT2D eigenvalue weighted by Gasteiger charge is 2.11. The number of aromatic carboxylic acids is 1. The highest BCUT2D eigenvalue weighted by Crippen LogP contribution is 2.33. The lowest BCUT2D eigenvalue weighted by molar-refractivity contribution is 0.0697. The number of carbonyl (C=O) groups is 1. The van der Waals surface area contributed by atoms with Gasteiger partial charge < -0.3 is 19.9 Å². The van der Waals surface area contributed by atoms with Crippen molar-refractivity contribution >= 4 is 34.9 Å². The Hall–Kier alpha value is -2.11. The van der Waals surface area contributed by atoms with E-state index in [4.69, 9.17) is 37.8 Å². The van der Waals surface area contributed by atoms with Crippen LogP contribution >= 0.6 is 23.2 Å². The van der Waals surface area contributed by atoms with E-state index in [1.807, 2.05) is 0 Å². The Kier molecular flexibility index (Phi) is 5.58. The van der Waals surface area contributed by atoms with Crippen LogP contribution in [0.15, 0.2) is 30.3 Å². The molecule has 0 unspecified atom stereocenters. The molecule has 2 aromatic carbocycles. The molecule has 122 valence electrons. The minimum absolute atomic E-state index is 0.0568. The molecule has 0 aliphatic carbocycles. The Morgan fingerprint density at radius 1 is 1.09 bits per heavy atom. The fraction of sp³-hybridized carbons (Fsp3) is 0.188. The first-order valence-electron chi connectivity index (χ1n) is 6.63. The fourth-order valence-corrected chi connectivity index (χ4v) is 2.51. The number of benzene rings is 2. The Morgan fingerprint density at radius 3 is 2.30 bits per heavy atom. The fourth-order valence-electron chi connectivity index (χ4n) is 2.03. The van der Waals surface area contributed by atoms with Crippen molar-refractivity contribution in [2.24, 2.45) is 0 Å². The number of hydrogen-bond donors (Lipinski definition) is 2. The second-order valence-corrected chi connectivity index (χ2v) is 5.47. The molecule has 0 radical (unpaired) electrons. The standard InChI is InChI=1S/C16H15Cl2NO4/c1-22-14-5-9(12(17)7-15(14)23-2)8-19-10-3-4-11(16(20)21)13(18)6-10/h3-7,19H,8H2,1-2H3,(H,20,21). The number of rotatable bonds is 6. The van der Waals surface area contributed by atoms with Crippen molar-refractivity contribution < 1.29 is 19.4 Å². The second kappa shape index (κ2) is 7.44. The van der Waals surface area contributed by atoms with Gasteiger partial charge in [-0.15, -0.1) is 0 Å². The third kappa shape index (κ3) is 4.00. The third-order valence-corrected chi connectivity index (χ3v) is 3.90. The van der Waals surface area contributed by atoms with Gasteiger partial charge in [-0.2, -0.15) is 0 Å². The van der Waals surface area contributed by atoms with Gasteiger partial charge in [0.05, 0.1) is 24.8 Å². The molecule has 0 atom stereocenters. The van der Waals surface area contributed by atoms with Crippen molar-refractivity contribution in [3.63, 3.8) is 0 Å². The first-order valence-corrected chi connectivity index (χ1v) is 7.39. The summed E-state index contributed by atoms with van der Waals surface area (Å²) in [5.74, 6) is 0.0625. The van der Waals surface area contributed by atoms with Gasteiger partial charge in [-0.25, -0.2) is 4.79 Å². The van der Waals surface area contributed by atoms with Gasteiger partial charge in [0.1, 0.15) is 0 Å². The minimum atomic E-state index is -1.07. The summed E-state index contributed by atoms with van der Waals surface area (Å²) in [5, 5.41) is 12.8. The van der Waals surface area contributed by atoms with E-state index in [-0.39, 0.29) is 10.6 Å². The largest absolute Gasteiger partial charge is 0.493 e. The highest BCUT2D eigenvalue weighted by molar-refractivity contribution is 6.33. The van der Waals surface area contributed by atoms with Gasteiger partial charge in [-0.3, -0.25) is 0 Å². The lowest BCUT2D eigenvalue weighted by Crippen LogP contribution is -2.03. The molecule has 0 aliphatic rings. The summed E-state index contributed by atoms with van der Waals surface area (Å²) >= 11 is 12.2. The number of anilines is 1. The zero-order valence-electron chi connectivity index (χ0n) is 12.5. The maximum absolute atomic E-state index is 10.9. The first-order chi connectivity index (χ1) is 11.0. The number of carboxylic acids is 1. The van der Waals surface area contributed by atoms with E-state index in [9.17, 15) is 4.79 Å². The summed E-state index contributed by atoms with van der Waals surface area (Å²) in [5.41, 5.74) is 1.55. The smallest absolute Gasteiger partial charge is 0.337 e. The number of hydrogen-bond acceptors (Lipinski definition) is 4. The first kappa shape index (κ1) is 17.2. The van der Waals surface area contributed by atoms with Crippen molar-refractivity contribution in [3.8, 4) is 11.5 Å². The normalized spacial score (nSPS) is 10.3.